The summed E-state index contributed by atoms with van der Waals surface area (Å²) < 4.78 is 32.1. The highest BCUT2D eigenvalue weighted by atomic mass is 19.2. The molecule has 1 fully saturated rings. The number of fused-ring (bicyclic) bond motifs is 4. The van der Waals surface area contributed by atoms with E-state index in [2.05, 4.69) is 20.1 Å². The van der Waals surface area contributed by atoms with E-state index in [-0.39, 0.29) is 22.6 Å². The minimum atomic E-state index is -1.32. The van der Waals surface area contributed by atoms with Crippen molar-refractivity contribution in [2.75, 3.05) is 44.4 Å². The first-order valence-corrected chi connectivity index (χ1v) is 13.5. The van der Waals surface area contributed by atoms with E-state index in [9.17, 15) is 19.1 Å². The lowest BCUT2D eigenvalue weighted by molar-refractivity contribution is 0.0695. The Kier molecular flexibility index (Phi) is 6.49. The molecule has 212 valence electrons. The molecular formula is C30H30F2N6O3. The van der Waals surface area contributed by atoms with Crippen molar-refractivity contribution in [3.63, 3.8) is 0 Å². The van der Waals surface area contributed by atoms with Gasteiger partial charge in [0, 0.05) is 92.2 Å². The zero-order chi connectivity index (χ0) is 29.2. The van der Waals surface area contributed by atoms with Crippen molar-refractivity contribution < 1.29 is 18.7 Å². The molecule has 0 amide bonds. The molecule has 0 spiro atoms. The highest BCUT2D eigenvalue weighted by Gasteiger charge is 2.37. The van der Waals surface area contributed by atoms with E-state index in [0.29, 0.717) is 52.2 Å². The maximum absolute atomic E-state index is 15.7. The molecule has 2 N–H and O–H groups in total. The number of aromatic nitrogens is 3. The first-order valence-electron chi connectivity index (χ1n) is 13.5. The van der Waals surface area contributed by atoms with Crippen LogP contribution in [0.4, 0.5) is 20.2 Å². The number of carboxylic acid groups (broad SMARTS) is 1. The third kappa shape index (κ3) is 4.22. The van der Waals surface area contributed by atoms with Gasteiger partial charge in [0.2, 0.25) is 5.43 Å². The monoisotopic (exact) mass is 560 g/mol. The fourth-order valence-corrected chi connectivity index (χ4v) is 6.35. The van der Waals surface area contributed by atoms with Crippen LogP contribution in [0.1, 0.15) is 34.5 Å². The molecule has 0 unspecified atom stereocenters. The van der Waals surface area contributed by atoms with Gasteiger partial charge < -0.3 is 24.8 Å². The fraction of sp³-hybridized carbons (Fsp3) is 0.333. The Bertz CT molecular complexity index is 1800. The maximum atomic E-state index is 15.7. The van der Waals surface area contributed by atoms with E-state index in [0.717, 1.165) is 25.1 Å². The number of likely N-dealkylation sites (N-methyl/N-ethyl adjacent to an activating group) is 1. The van der Waals surface area contributed by atoms with Crippen LogP contribution >= 0.6 is 0 Å². The summed E-state index contributed by atoms with van der Waals surface area (Å²) in [6.07, 6.45) is 6.76. The summed E-state index contributed by atoms with van der Waals surface area (Å²) in [5.74, 6) is -3.19. The summed E-state index contributed by atoms with van der Waals surface area (Å²) in [5.41, 5.74) is 3.76. The number of carboxylic acids is 1. The van der Waals surface area contributed by atoms with Gasteiger partial charge in [0.05, 0.1) is 16.8 Å². The zero-order valence-electron chi connectivity index (χ0n) is 23.3. The van der Waals surface area contributed by atoms with Crippen LogP contribution in [-0.2, 0) is 13.5 Å². The van der Waals surface area contributed by atoms with E-state index < -0.39 is 23.0 Å². The van der Waals surface area contributed by atoms with Crippen molar-refractivity contribution in [3.8, 4) is 22.3 Å². The van der Waals surface area contributed by atoms with E-state index in [1.165, 1.54) is 16.8 Å². The van der Waals surface area contributed by atoms with Gasteiger partial charge in [0.1, 0.15) is 11.2 Å². The Hall–Kier alpha value is -4.38. The second-order valence-electron chi connectivity index (χ2n) is 11.0. The number of hydrogen-bond donors (Lipinski definition) is 2. The summed E-state index contributed by atoms with van der Waals surface area (Å²) in [6, 6.07) is 2.91. The largest absolute Gasteiger partial charge is 0.477 e. The van der Waals surface area contributed by atoms with E-state index in [4.69, 9.17) is 4.98 Å². The molecule has 41 heavy (non-hydrogen) atoms. The zero-order valence-corrected chi connectivity index (χ0v) is 23.3. The molecule has 6 rings (SSSR count). The molecule has 3 aromatic heterocycles. The van der Waals surface area contributed by atoms with Crippen LogP contribution < -0.4 is 15.6 Å². The van der Waals surface area contributed by atoms with Gasteiger partial charge >= 0.3 is 5.97 Å². The first kappa shape index (κ1) is 26.8. The van der Waals surface area contributed by atoms with E-state index >= 15 is 4.39 Å². The van der Waals surface area contributed by atoms with Gasteiger partial charge in [-0.15, -0.1) is 0 Å². The molecule has 1 aliphatic carbocycles. The number of nitrogens with zero attached hydrogens (tertiary/aromatic N) is 5. The van der Waals surface area contributed by atoms with Crippen molar-refractivity contribution >= 4 is 28.4 Å². The molecule has 4 aromatic rings. The summed E-state index contributed by atoms with van der Waals surface area (Å²) in [7, 11) is 7.31. The maximum Gasteiger partial charge on any atom is 0.341 e. The normalized spacial score (nSPS) is 16.0. The van der Waals surface area contributed by atoms with Gasteiger partial charge in [-0.05, 0) is 38.6 Å². The standard InChI is InChI=1S/C30H30F2N6O3/c1-33-22-10-21(31)26(32)24-17(22)9-23-25(24)27(38-7-5-6-16(38)13-36(2)3)19(12-34-23)15-8-18-28(39)20(30(40)41)14-37(4)29(18)35-11-15/h8,10-12,14,16,33H,5-7,9,13H2,1-4H3,(H,40,41)/t16-/m0/s1. The number of nitrogens with one attached hydrogen (secondary N) is 1. The Morgan fingerprint density at radius 3 is 2.68 bits per heavy atom. The molecule has 9 nitrogen and oxygen atoms in total. The second-order valence-corrected chi connectivity index (χ2v) is 11.0. The van der Waals surface area contributed by atoms with Crippen molar-refractivity contribution in [1.82, 2.24) is 19.4 Å². The van der Waals surface area contributed by atoms with Crippen LogP contribution in [0.3, 0.4) is 0 Å². The summed E-state index contributed by atoms with van der Waals surface area (Å²) in [6.45, 7) is 1.47. The fourth-order valence-electron chi connectivity index (χ4n) is 6.35. The summed E-state index contributed by atoms with van der Waals surface area (Å²) in [4.78, 5) is 38.5. The van der Waals surface area contributed by atoms with E-state index in [1.807, 2.05) is 14.1 Å². The van der Waals surface area contributed by atoms with Crippen LogP contribution in [-0.4, -0.2) is 70.8 Å². The quantitative estimate of drug-likeness (QED) is 0.320. The van der Waals surface area contributed by atoms with Gasteiger partial charge in [-0.3, -0.25) is 9.78 Å². The first-order chi connectivity index (χ1) is 19.6. The number of pyridine rings is 3. The molecular weight excluding hydrogens is 530 g/mol. The SMILES string of the molecule is CNc1cc(F)c(F)c2c1Cc1ncc(-c3cnc4c(c3)c(=O)c(C(=O)O)cn4C)c(N3CCC[C@H]3CN(C)C)c1-2. The summed E-state index contributed by atoms with van der Waals surface area (Å²) in [5, 5.41) is 12.7. The lowest BCUT2D eigenvalue weighted by Gasteiger charge is -2.32. The Labute approximate surface area is 235 Å². The van der Waals surface area contributed by atoms with E-state index in [1.54, 1.807) is 32.6 Å². The molecule has 0 saturated carbocycles. The average molecular weight is 561 g/mol. The van der Waals surface area contributed by atoms with Crippen molar-refractivity contribution in [3.05, 3.63) is 69.4 Å². The third-order valence-electron chi connectivity index (χ3n) is 8.12. The molecule has 1 saturated heterocycles. The van der Waals surface area contributed by atoms with Gasteiger partial charge in [-0.1, -0.05) is 0 Å². The van der Waals surface area contributed by atoms with Gasteiger partial charge in [-0.2, -0.15) is 0 Å². The second kappa shape index (κ2) is 9.91. The third-order valence-corrected chi connectivity index (χ3v) is 8.12. The minimum Gasteiger partial charge on any atom is -0.477 e. The van der Waals surface area contributed by atoms with Crippen LogP contribution in [0.15, 0.2) is 35.5 Å². The number of anilines is 2. The Morgan fingerprint density at radius 1 is 1.20 bits per heavy atom. The van der Waals surface area contributed by atoms with Gasteiger partial charge in [0.15, 0.2) is 11.6 Å². The number of benzene rings is 1. The lowest BCUT2D eigenvalue weighted by Crippen LogP contribution is -2.38. The molecule has 1 aliphatic heterocycles. The predicted octanol–water partition coefficient (Wildman–Crippen LogP) is 4.12. The van der Waals surface area contributed by atoms with Crippen LogP contribution in [0, 0.1) is 11.6 Å². The molecule has 2 aliphatic rings. The van der Waals surface area contributed by atoms with Crippen molar-refractivity contribution in [1.29, 1.82) is 0 Å². The predicted molar refractivity (Wildman–Crippen MR) is 154 cm³/mol. The lowest BCUT2D eigenvalue weighted by atomic mass is 9.96. The van der Waals surface area contributed by atoms with Crippen molar-refractivity contribution in [2.45, 2.75) is 25.3 Å². The molecule has 0 radical (unpaired) electrons. The smallest absolute Gasteiger partial charge is 0.341 e. The van der Waals surface area contributed by atoms with Crippen LogP contribution in [0.5, 0.6) is 0 Å². The van der Waals surface area contributed by atoms with Crippen LogP contribution in [0.25, 0.3) is 33.3 Å². The topological polar surface area (TPSA) is 104 Å². The highest BCUT2D eigenvalue weighted by Crippen LogP contribution is 2.51. The van der Waals surface area contributed by atoms with Crippen LogP contribution in [0.2, 0.25) is 0 Å². The average Bonchev–Trinajstić information content (AvgIpc) is 3.56. The molecule has 1 aromatic carbocycles. The molecule has 1 atom stereocenters. The van der Waals surface area contributed by atoms with Gasteiger partial charge in [-0.25, -0.2) is 18.6 Å². The number of rotatable bonds is 6. The Balaban J connectivity index is 1.66. The van der Waals surface area contributed by atoms with Crippen molar-refractivity contribution in [2.24, 2.45) is 7.05 Å². The number of aromatic carboxylic acids is 1. The summed E-state index contributed by atoms with van der Waals surface area (Å²) >= 11 is 0. The minimum absolute atomic E-state index is 0.111. The number of hydrogen-bond acceptors (Lipinski definition) is 7. The van der Waals surface area contributed by atoms with Gasteiger partial charge in [0.25, 0.3) is 0 Å². The Morgan fingerprint density at radius 2 is 1.98 bits per heavy atom. The molecule has 4 heterocycles. The molecule has 11 heteroatoms. The number of halogens is 2. The highest BCUT2D eigenvalue weighted by molar-refractivity contribution is 5.98. The molecule has 0 bridgehead atoms. The number of carbonyl (C=O) groups is 1. The number of aryl methyl sites for hydroxylation is 1.